The molecule has 0 saturated carbocycles. The highest BCUT2D eigenvalue weighted by molar-refractivity contribution is 5.31. The predicted octanol–water partition coefficient (Wildman–Crippen LogP) is 3.54. The standard InChI is InChI=1S/C18H20N2/c1-4-10-16(11-5-1)18(17-12-6-2-7-13-17)20-15-9-3-8-14-19-20/h1-8,10-13,18-19H,9,14-15H2. The molecule has 0 fully saturated rings. The van der Waals surface area contributed by atoms with Gasteiger partial charge in [-0.05, 0) is 17.5 Å². The number of hydrogen-bond donors (Lipinski definition) is 1. The molecular formula is C18H20N2. The molecule has 0 radical (unpaired) electrons. The Kier molecular flexibility index (Phi) is 4.26. The molecule has 1 aliphatic heterocycles. The van der Waals surface area contributed by atoms with E-state index in [1.165, 1.54) is 11.1 Å². The van der Waals surface area contributed by atoms with Gasteiger partial charge in [0.1, 0.15) is 0 Å². The summed E-state index contributed by atoms with van der Waals surface area (Å²) in [6, 6.07) is 21.7. The fourth-order valence-corrected chi connectivity index (χ4v) is 2.71. The maximum atomic E-state index is 3.53. The summed E-state index contributed by atoms with van der Waals surface area (Å²) >= 11 is 0. The molecule has 0 saturated heterocycles. The zero-order chi connectivity index (χ0) is 13.6. The lowest BCUT2D eigenvalue weighted by Crippen LogP contribution is -2.41. The summed E-state index contributed by atoms with van der Waals surface area (Å²) < 4.78 is 0. The summed E-state index contributed by atoms with van der Waals surface area (Å²) in [6.45, 7) is 1.92. The molecule has 0 unspecified atom stereocenters. The molecule has 2 nitrogen and oxygen atoms in total. The third-order valence-electron chi connectivity index (χ3n) is 3.66. The van der Waals surface area contributed by atoms with Gasteiger partial charge in [-0.2, -0.15) is 0 Å². The Morgan fingerprint density at radius 3 is 2.00 bits per heavy atom. The van der Waals surface area contributed by atoms with Crippen molar-refractivity contribution >= 4 is 0 Å². The van der Waals surface area contributed by atoms with Crippen molar-refractivity contribution in [1.29, 1.82) is 0 Å². The normalized spacial score (nSPS) is 16.2. The van der Waals surface area contributed by atoms with Crippen molar-refractivity contribution in [3.63, 3.8) is 0 Å². The van der Waals surface area contributed by atoms with Crippen LogP contribution in [0.5, 0.6) is 0 Å². The first-order chi connectivity index (χ1) is 9.95. The second-order valence-corrected chi connectivity index (χ2v) is 5.04. The Hall–Kier alpha value is -1.90. The molecule has 0 aliphatic carbocycles. The summed E-state index contributed by atoms with van der Waals surface area (Å²) in [5.74, 6) is 0. The van der Waals surface area contributed by atoms with Crippen LogP contribution in [0.25, 0.3) is 0 Å². The molecule has 1 aliphatic rings. The number of hydrazine groups is 1. The van der Waals surface area contributed by atoms with Gasteiger partial charge in [0.25, 0.3) is 0 Å². The van der Waals surface area contributed by atoms with E-state index >= 15 is 0 Å². The van der Waals surface area contributed by atoms with Crippen LogP contribution < -0.4 is 5.43 Å². The molecule has 0 atom stereocenters. The molecule has 0 aromatic heterocycles. The first-order valence-corrected chi connectivity index (χ1v) is 7.20. The number of nitrogens with zero attached hydrogens (tertiary/aromatic N) is 1. The van der Waals surface area contributed by atoms with Crippen LogP contribution in [-0.4, -0.2) is 18.1 Å². The van der Waals surface area contributed by atoms with E-state index in [-0.39, 0.29) is 6.04 Å². The second-order valence-electron chi connectivity index (χ2n) is 5.04. The van der Waals surface area contributed by atoms with Crippen LogP contribution in [0.1, 0.15) is 23.6 Å². The van der Waals surface area contributed by atoms with Crippen LogP contribution in [0.4, 0.5) is 0 Å². The zero-order valence-electron chi connectivity index (χ0n) is 11.6. The molecule has 3 rings (SSSR count). The second kappa shape index (κ2) is 6.51. The molecule has 0 bridgehead atoms. The number of rotatable bonds is 3. The van der Waals surface area contributed by atoms with Crippen LogP contribution in [0.15, 0.2) is 72.8 Å². The summed E-state index contributed by atoms with van der Waals surface area (Å²) in [4.78, 5) is 0. The molecule has 2 aromatic rings. The van der Waals surface area contributed by atoms with E-state index < -0.39 is 0 Å². The van der Waals surface area contributed by atoms with Gasteiger partial charge in [0.05, 0.1) is 6.04 Å². The van der Waals surface area contributed by atoms with Crippen molar-refractivity contribution in [2.24, 2.45) is 0 Å². The summed E-state index contributed by atoms with van der Waals surface area (Å²) in [7, 11) is 0. The van der Waals surface area contributed by atoms with E-state index in [0.29, 0.717) is 0 Å². The van der Waals surface area contributed by atoms with Crippen molar-refractivity contribution in [3.8, 4) is 0 Å². The van der Waals surface area contributed by atoms with Gasteiger partial charge < -0.3 is 0 Å². The fourth-order valence-electron chi connectivity index (χ4n) is 2.71. The third-order valence-corrected chi connectivity index (χ3v) is 3.66. The van der Waals surface area contributed by atoms with Gasteiger partial charge in [0.2, 0.25) is 0 Å². The van der Waals surface area contributed by atoms with Gasteiger partial charge in [0, 0.05) is 13.1 Å². The van der Waals surface area contributed by atoms with Crippen molar-refractivity contribution in [1.82, 2.24) is 10.4 Å². The Labute approximate surface area is 120 Å². The van der Waals surface area contributed by atoms with E-state index in [1.54, 1.807) is 0 Å². The minimum absolute atomic E-state index is 0.261. The Morgan fingerprint density at radius 1 is 0.800 bits per heavy atom. The highest BCUT2D eigenvalue weighted by atomic mass is 15.5. The topological polar surface area (TPSA) is 15.3 Å². The van der Waals surface area contributed by atoms with Crippen LogP contribution in [0.2, 0.25) is 0 Å². The predicted molar refractivity (Wildman–Crippen MR) is 83.2 cm³/mol. The number of benzene rings is 2. The minimum Gasteiger partial charge on any atom is -0.250 e. The van der Waals surface area contributed by atoms with Crippen molar-refractivity contribution in [2.75, 3.05) is 13.1 Å². The molecule has 102 valence electrons. The molecule has 2 heteroatoms. The van der Waals surface area contributed by atoms with Gasteiger partial charge in [-0.1, -0.05) is 72.8 Å². The van der Waals surface area contributed by atoms with E-state index in [1.807, 2.05) is 0 Å². The average molecular weight is 264 g/mol. The van der Waals surface area contributed by atoms with Gasteiger partial charge in [-0.25, -0.2) is 5.01 Å². The molecule has 0 amide bonds. The van der Waals surface area contributed by atoms with Gasteiger partial charge in [0.15, 0.2) is 0 Å². The maximum absolute atomic E-state index is 3.53. The van der Waals surface area contributed by atoms with Crippen molar-refractivity contribution < 1.29 is 0 Å². The first kappa shape index (κ1) is 13.1. The molecule has 0 spiro atoms. The maximum Gasteiger partial charge on any atom is 0.0743 e. The van der Waals surface area contributed by atoms with Crippen LogP contribution >= 0.6 is 0 Å². The monoisotopic (exact) mass is 264 g/mol. The highest BCUT2D eigenvalue weighted by Crippen LogP contribution is 2.27. The lowest BCUT2D eigenvalue weighted by Gasteiger charge is -2.31. The number of nitrogens with one attached hydrogen (secondary N) is 1. The summed E-state index contributed by atoms with van der Waals surface area (Å²) in [5, 5.41) is 2.35. The first-order valence-electron chi connectivity index (χ1n) is 7.20. The van der Waals surface area contributed by atoms with Gasteiger partial charge in [-0.3, -0.25) is 5.43 Å². The number of hydrogen-bond acceptors (Lipinski definition) is 2. The SMILES string of the molecule is C1=CCNN(C(c2ccccc2)c2ccccc2)CC1. The lowest BCUT2D eigenvalue weighted by molar-refractivity contribution is 0.160. The molecular weight excluding hydrogens is 244 g/mol. The van der Waals surface area contributed by atoms with Crippen molar-refractivity contribution in [2.45, 2.75) is 12.5 Å². The van der Waals surface area contributed by atoms with E-state index in [0.717, 1.165) is 19.5 Å². The Bertz CT molecular complexity index is 499. The molecule has 20 heavy (non-hydrogen) atoms. The summed E-state index contributed by atoms with van der Waals surface area (Å²) in [6.07, 6.45) is 5.54. The van der Waals surface area contributed by atoms with E-state index in [4.69, 9.17) is 0 Å². The third kappa shape index (κ3) is 2.98. The minimum atomic E-state index is 0.261. The molecule has 1 N–H and O–H groups in total. The van der Waals surface area contributed by atoms with Gasteiger partial charge >= 0.3 is 0 Å². The zero-order valence-corrected chi connectivity index (χ0v) is 11.6. The van der Waals surface area contributed by atoms with Gasteiger partial charge in [-0.15, -0.1) is 0 Å². The highest BCUT2D eigenvalue weighted by Gasteiger charge is 2.21. The van der Waals surface area contributed by atoms with Crippen LogP contribution in [0.3, 0.4) is 0 Å². The van der Waals surface area contributed by atoms with Crippen LogP contribution in [-0.2, 0) is 0 Å². The van der Waals surface area contributed by atoms with Crippen molar-refractivity contribution in [3.05, 3.63) is 83.9 Å². The Morgan fingerprint density at radius 2 is 1.40 bits per heavy atom. The quantitative estimate of drug-likeness (QED) is 0.853. The fraction of sp³-hybridized carbons (Fsp3) is 0.222. The Balaban J connectivity index is 1.95. The smallest absolute Gasteiger partial charge is 0.0743 e. The van der Waals surface area contributed by atoms with Crippen LogP contribution in [0, 0.1) is 0 Å². The van der Waals surface area contributed by atoms with E-state index in [9.17, 15) is 0 Å². The molecule has 2 aromatic carbocycles. The molecule has 1 heterocycles. The summed E-state index contributed by atoms with van der Waals surface area (Å²) in [5.41, 5.74) is 6.18. The average Bonchev–Trinajstić information content (AvgIpc) is 2.79. The lowest BCUT2D eigenvalue weighted by atomic mass is 9.98. The van der Waals surface area contributed by atoms with E-state index in [2.05, 4.69) is 83.3 Å². The largest absolute Gasteiger partial charge is 0.250 e.